The van der Waals surface area contributed by atoms with Gasteiger partial charge < -0.3 is 19.9 Å². The molecule has 152 valence electrons. The van der Waals surface area contributed by atoms with Crippen molar-refractivity contribution in [3.8, 4) is 5.75 Å². The van der Waals surface area contributed by atoms with Gasteiger partial charge in [0.1, 0.15) is 12.4 Å². The number of aliphatic imine (C=N–C) groups is 1. The normalized spacial score (nSPS) is 14.4. The number of guanidine groups is 1. The second-order valence-electron chi connectivity index (χ2n) is 6.06. The van der Waals surface area contributed by atoms with Crippen molar-refractivity contribution in [2.24, 2.45) is 4.99 Å². The van der Waals surface area contributed by atoms with Crippen LogP contribution in [0.15, 0.2) is 47.7 Å². The van der Waals surface area contributed by atoms with E-state index >= 15 is 0 Å². The number of anilines is 1. The van der Waals surface area contributed by atoms with Crippen molar-refractivity contribution in [1.82, 2.24) is 20.2 Å². The van der Waals surface area contributed by atoms with E-state index in [9.17, 15) is 0 Å². The summed E-state index contributed by atoms with van der Waals surface area (Å²) in [5.74, 6) is 2.47. The van der Waals surface area contributed by atoms with Crippen LogP contribution in [0.1, 0.15) is 6.92 Å². The van der Waals surface area contributed by atoms with E-state index in [4.69, 9.17) is 21.3 Å². The van der Waals surface area contributed by atoms with Gasteiger partial charge in [-0.05, 0) is 31.2 Å². The number of piperazine rings is 1. The lowest BCUT2D eigenvalue weighted by atomic mass is 10.3. The van der Waals surface area contributed by atoms with Crippen LogP contribution in [-0.2, 0) is 0 Å². The van der Waals surface area contributed by atoms with Gasteiger partial charge >= 0.3 is 0 Å². The Hall–Kier alpha value is -1.81. The minimum absolute atomic E-state index is 0. The Morgan fingerprint density at radius 2 is 1.93 bits per heavy atom. The first-order valence-electron chi connectivity index (χ1n) is 9.20. The van der Waals surface area contributed by atoms with Crippen LogP contribution in [-0.4, -0.2) is 66.7 Å². The Kier molecular flexibility index (Phi) is 9.56. The first kappa shape index (κ1) is 22.5. The van der Waals surface area contributed by atoms with Crippen molar-refractivity contribution >= 4 is 47.5 Å². The summed E-state index contributed by atoms with van der Waals surface area (Å²) in [6.07, 6.45) is 3.56. The molecule has 9 heteroatoms. The van der Waals surface area contributed by atoms with Crippen LogP contribution in [0.5, 0.6) is 5.75 Å². The number of rotatable bonds is 6. The van der Waals surface area contributed by atoms with Crippen LogP contribution in [0.3, 0.4) is 0 Å². The summed E-state index contributed by atoms with van der Waals surface area (Å²) in [4.78, 5) is 17.8. The topological polar surface area (TPSA) is 65.9 Å². The molecule has 2 heterocycles. The molecule has 0 saturated carbocycles. The van der Waals surface area contributed by atoms with Gasteiger partial charge in [-0.1, -0.05) is 17.7 Å². The largest absolute Gasteiger partial charge is 0.492 e. The van der Waals surface area contributed by atoms with Crippen LogP contribution in [0, 0.1) is 0 Å². The average molecular weight is 517 g/mol. The average Bonchev–Trinajstić information content (AvgIpc) is 2.71. The molecular weight excluding hydrogens is 491 g/mol. The zero-order chi connectivity index (χ0) is 18.9. The predicted octanol–water partition coefficient (Wildman–Crippen LogP) is 2.91. The highest BCUT2D eigenvalue weighted by Crippen LogP contribution is 2.16. The van der Waals surface area contributed by atoms with Crippen molar-refractivity contribution in [3.05, 3.63) is 47.7 Å². The SMILES string of the molecule is CCNC(=NCCOc1cccc(Cl)c1)N1CCN(c2ncccn2)CC1.I. The van der Waals surface area contributed by atoms with Gasteiger partial charge in [-0.3, -0.25) is 0 Å². The Morgan fingerprint density at radius 3 is 2.61 bits per heavy atom. The minimum atomic E-state index is 0. The number of hydrogen-bond donors (Lipinski definition) is 1. The van der Waals surface area contributed by atoms with Crippen LogP contribution in [0.4, 0.5) is 5.95 Å². The summed E-state index contributed by atoms with van der Waals surface area (Å²) in [5, 5.41) is 4.04. The molecule has 1 aromatic carbocycles. The molecule has 0 amide bonds. The van der Waals surface area contributed by atoms with Crippen molar-refractivity contribution < 1.29 is 4.74 Å². The van der Waals surface area contributed by atoms with Gasteiger partial charge in [-0.25, -0.2) is 15.0 Å². The summed E-state index contributed by atoms with van der Waals surface area (Å²) in [6, 6.07) is 9.24. The van der Waals surface area contributed by atoms with E-state index in [2.05, 4.69) is 32.0 Å². The third-order valence-corrected chi connectivity index (χ3v) is 4.40. The van der Waals surface area contributed by atoms with E-state index < -0.39 is 0 Å². The number of aromatic nitrogens is 2. The maximum Gasteiger partial charge on any atom is 0.225 e. The van der Waals surface area contributed by atoms with E-state index in [1.165, 1.54) is 0 Å². The molecular formula is C19H26ClIN6O. The van der Waals surface area contributed by atoms with Crippen LogP contribution in [0.2, 0.25) is 5.02 Å². The Balaban J connectivity index is 0.00000280. The fraction of sp³-hybridized carbons (Fsp3) is 0.421. The summed E-state index contributed by atoms with van der Waals surface area (Å²) in [7, 11) is 0. The van der Waals surface area contributed by atoms with E-state index in [-0.39, 0.29) is 24.0 Å². The molecule has 1 N–H and O–H groups in total. The van der Waals surface area contributed by atoms with Crippen molar-refractivity contribution in [1.29, 1.82) is 0 Å². The van der Waals surface area contributed by atoms with Gasteiger partial charge in [-0.2, -0.15) is 0 Å². The smallest absolute Gasteiger partial charge is 0.225 e. The molecule has 0 atom stereocenters. The van der Waals surface area contributed by atoms with Gasteiger partial charge in [0.2, 0.25) is 5.95 Å². The fourth-order valence-corrected chi connectivity index (χ4v) is 3.05. The minimum Gasteiger partial charge on any atom is -0.492 e. The zero-order valence-corrected chi connectivity index (χ0v) is 19.0. The van der Waals surface area contributed by atoms with E-state index in [1.807, 2.05) is 24.3 Å². The van der Waals surface area contributed by atoms with Crippen molar-refractivity contribution in [2.45, 2.75) is 6.92 Å². The third-order valence-electron chi connectivity index (χ3n) is 4.17. The number of ether oxygens (including phenoxy) is 1. The molecule has 0 aliphatic carbocycles. The van der Waals surface area contributed by atoms with Gasteiger partial charge in [-0.15, -0.1) is 24.0 Å². The van der Waals surface area contributed by atoms with Crippen LogP contribution in [0.25, 0.3) is 0 Å². The maximum absolute atomic E-state index is 5.97. The monoisotopic (exact) mass is 516 g/mol. The summed E-state index contributed by atoms with van der Waals surface area (Å²) in [5.41, 5.74) is 0. The molecule has 0 spiro atoms. The quantitative estimate of drug-likeness (QED) is 0.276. The van der Waals surface area contributed by atoms with Gasteiger partial charge in [0, 0.05) is 50.1 Å². The summed E-state index contributed by atoms with van der Waals surface area (Å²) >= 11 is 5.97. The lowest BCUT2D eigenvalue weighted by Gasteiger charge is -2.36. The van der Waals surface area contributed by atoms with Gasteiger partial charge in [0.05, 0.1) is 6.54 Å². The molecule has 0 radical (unpaired) electrons. The molecule has 1 saturated heterocycles. The molecule has 3 rings (SSSR count). The lowest BCUT2D eigenvalue weighted by Crippen LogP contribution is -2.53. The Labute approximate surface area is 188 Å². The third kappa shape index (κ3) is 6.66. The Bertz CT molecular complexity index is 740. The highest BCUT2D eigenvalue weighted by molar-refractivity contribution is 14.0. The standard InChI is InChI=1S/C19H25ClN6O.HI/c1-2-21-18(24-9-14-27-17-6-3-5-16(20)15-17)25-10-12-26(13-11-25)19-22-7-4-8-23-19;/h3-8,15H,2,9-14H2,1H3,(H,21,24);1H. The number of benzene rings is 1. The molecule has 0 bridgehead atoms. The van der Waals surface area contributed by atoms with Crippen molar-refractivity contribution in [3.63, 3.8) is 0 Å². The van der Waals surface area contributed by atoms with Crippen molar-refractivity contribution in [2.75, 3.05) is 50.8 Å². The number of halogens is 2. The number of nitrogens with zero attached hydrogens (tertiary/aromatic N) is 5. The van der Waals surface area contributed by atoms with Crippen LogP contribution >= 0.6 is 35.6 Å². The maximum atomic E-state index is 5.97. The molecule has 2 aromatic rings. The second kappa shape index (κ2) is 11.9. The Morgan fingerprint density at radius 1 is 1.18 bits per heavy atom. The van der Waals surface area contributed by atoms with E-state index in [1.54, 1.807) is 18.5 Å². The van der Waals surface area contributed by atoms with Gasteiger partial charge in [0.25, 0.3) is 0 Å². The number of hydrogen-bond acceptors (Lipinski definition) is 5. The molecule has 1 aromatic heterocycles. The summed E-state index contributed by atoms with van der Waals surface area (Å²) < 4.78 is 5.72. The predicted molar refractivity (Wildman–Crippen MR) is 124 cm³/mol. The van der Waals surface area contributed by atoms with E-state index in [0.717, 1.165) is 50.4 Å². The molecule has 1 aliphatic heterocycles. The molecule has 7 nitrogen and oxygen atoms in total. The molecule has 28 heavy (non-hydrogen) atoms. The second-order valence-corrected chi connectivity index (χ2v) is 6.50. The first-order chi connectivity index (χ1) is 13.3. The summed E-state index contributed by atoms with van der Waals surface area (Å²) in [6.45, 7) is 7.48. The van der Waals surface area contributed by atoms with Crippen LogP contribution < -0.4 is 15.0 Å². The number of nitrogens with one attached hydrogen (secondary N) is 1. The highest BCUT2D eigenvalue weighted by atomic mass is 127. The lowest BCUT2D eigenvalue weighted by molar-refractivity contribution is 0.325. The first-order valence-corrected chi connectivity index (χ1v) is 9.57. The molecule has 1 aliphatic rings. The van der Waals surface area contributed by atoms with E-state index in [0.29, 0.717) is 18.2 Å². The van der Waals surface area contributed by atoms with Gasteiger partial charge in [0.15, 0.2) is 5.96 Å². The molecule has 0 unspecified atom stereocenters. The highest BCUT2D eigenvalue weighted by Gasteiger charge is 2.20. The fourth-order valence-electron chi connectivity index (χ4n) is 2.87. The molecule has 1 fully saturated rings. The zero-order valence-electron chi connectivity index (χ0n) is 15.9.